The number of ether oxygens (including phenoxy) is 2. The third-order valence-corrected chi connectivity index (χ3v) is 6.32. The normalized spacial score (nSPS) is 17.0. The minimum Gasteiger partial charge on any atom is -0.494 e. The van der Waals surface area contributed by atoms with Gasteiger partial charge >= 0.3 is 0 Å². The molecule has 2 amide bonds. The number of fused-ring (bicyclic) bond motifs is 1. The lowest BCUT2D eigenvalue weighted by atomic mass is 9.94. The Labute approximate surface area is 180 Å². The first-order chi connectivity index (χ1) is 14.6. The zero-order chi connectivity index (χ0) is 21.3. The molecular weight excluding hydrogens is 380 g/mol. The van der Waals surface area contributed by atoms with Crippen molar-refractivity contribution < 1.29 is 19.1 Å². The zero-order valence-electron chi connectivity index (χ0n) is 18.5. The van der Waals surface area contributed by atoms with Crippen LogP contribution in [-0.2, 0) is 20.7 Å². The number of amides is 2. The summed E-state index contributed by atoms with van der Waals surface area (Å²) in [4.78, 5) is 28.4. The molecular formula is C24H36N2O4. The summed E-state index contributed by atoms with van der Waals surface area (Å²) in [6.45, 7) is 1.90. The second-order valence-corrected chi connectivity index (χ2v) is 8.42. The Kier molecular flexibility index (Phi) is 8.55. The van der Waals surface area contributed by atoms with Crippen LogP contribution in [0, 0.1) is 0 Å². The van der Waals surface area contributed by atoms with Crippen LogP contribution in [0.15, 0.2) is 18.2 Å². The van der Waals surface area contributed by atoms with Gasteiger partial charge in [-0.3, -0.25) is 9.59 Å². The van der Waals surface area contributed by atoms with Crippen molar-refractivity contribution in [2.45, 2.75) is 70.3 Å². The molecule has 1 fully saturated rings. The fourth-order valence-corrected chi connectivity index (χ4v) is 4.53. The highest BCUT2D eigenvalue weighted by Crippen LogP contribution is 2.30. The van der Waals surface area contributed by atoms with Gasteiger partial charge in [-0.25, -0.2) is 0 Å². The molecule has 1 aliphatic heterocycles. The van der Waals surface area contributed by atoms with E-state index in [1.54, 1.807) is 12.0 Å². The Hall–Kier alpha value is -2.08. The van der Waals surface area contributed by atoms with Crippen molar-refractivity contribution in [3.63, 3.8) is 0 Å². The number of carbonyl (C=O) groups is 2. The summed E-state index contributed by atoms with van der Waals surface area (Å²) in [6.07, 6.45) is 9.55. The van der Waals surface area contributed by atoms with Gasteiger partial charge in [0.1, 0.15) is 5.75 Å². The predicted molar refractivity (Wildman–Crippen MR) is 118 cm³/mol. The average Bonchev–Trinajstić information content (AvgIpc) is 2.77. The molecule has 0 bridgehead atoms. The molecule has 0 atom stereocenters. The number of aryl methyl sites for hydroxylation is 1. The van der Waals surface area contributed by atoms with Gasteiger partial charge in [-0.05, 0) is 55.9 Å². The Balaban J connectivity index is 1.41. The highest BCUT2D eigenvalue weighted by atomic mass is 16.5. The van der Waals surface area contributed by atoms with Crippen molar-refractivity contribution in [2.24, 2.45) is 0 Å². The Bertz CT molecular complexity index is 715. The first-order valence-corrected chi connectivity index (χ1v) is 11.4. The van der Waals surface area contributed by atoms with E-state index < -0.39 is 0 Å². The number of carbonyl (C=O) groups excluding carboxylic acids is 2. The fraction of sp³-hybridized carbons (Fsp3) is 0.667. The SMILES string of the molecule is COCCN(C(=O)CCCCOc1ccc2c(c1)CCC(=O)N2C)C1CCCCC1. The number of anilines is 1. The Morgan fingerprint density at radius 3 is 2.70 bits per heavy atom. The van der Waals surface area contributed by atoms with Crippen LogP contribution in [-0.4, -0.2) is 56.7 Å². The highest BCUT2D eigenvalue weighted by molar-refractivity contribution is 5.95. The van der Waals surface area contributed by atoms with Crippen molar-refractivity contribution in [1.82, 2.24) is 4.90 Å². The summed E-state index contributed by atoms with van der Waals surface area (Å²) in [7, 11) is 3.51. The van der Waals surface area contributed by atoms with Crippen LogP contribution in [0.3, 0.4) is 0 Å². The number of benzene rings is 1. The van der Waals surface area contributed by atoms with E-state index >= 15 is 0 Å². The second kappa shape index (κ2) is 11.3. The maximum Gasteiger partial charge on any atom is 0.227 e. The number of hydrogen-bond acceptors (Lipinski definition) is 4. The number of hydrogen-bond donors (Lipinski definition) is 0. The van der Waals surface area contributed by atoms with E-state index in [1.807, 2.05) is 25.2 Å². The standard InChI is InChI=1S/C24H36N2O4/c1-25-22-13-12-21(18-19(22)11-14-23(25)27)30-16-7-6-10-24(28)26(15-17-29-2)20-8-4-3-5-9-20/h12-13,18,20H,3-11,14-17H2,1-2H3. The van der Waals surface area contributed by atoms with E-state index in [9.17, 15) is 9.59 Å². The Morgan fingerprint density at radius 1 is 1.13 bits per heavy atom. The molecule has 1 heterocycles. The molecule has 6 heteroatoms. The van der Waals surface area contributed by atoms with Gasteiger partial charge in [0.2, 0.25) is 11.8 Å². The van der Waals surface area contributed by atoms with Crippen LogP contribution in [0.2, 0.25) is 0 Å². The lowest BCUT2D eigenvalue weighted by Crippen LogP contribution is -2.43. The molecule has 1 aromatic carbocycles. The molecule has 1 aliphatic carbocycles. The van der Waals surface area contributed by atoms with Gasteiger partial charge in [0.05, 0.1) is 13.2 Å². The molecule has 0 radical (unpaired) electrons. The van der Waals surface area contributed by atoms with Gasteiger partial charge < -0.3 is 19.3 Å². The molecule has 2 aliphatic rings. The van der Waals surface area contributed by atoms with Gasteiger partial charge in [0.15, 0.2) is 0 Å². The van der Waals surface area contributed by atoms with Crippen LogP contribution in [0.5, 0.6) is 5.75 Å². The first kappa shape index (κ1) is 22.6. The fourth-order valence-electron chi connectivity index (χ4n) is 4.53. The minimum atomic E-state index is 0.161. The molecule has 0 unspecified atom stereocenters. The van der Waals surface area contributed by atoms with Crippen molar-refractivity contribution in [1.29, 1.82) is 0 Å². The molecule has 3 rings (SSSR count). The number of unbranched alkanes of at least 4 members (excludes halogenated alkanes) is 1. The maximum absolute atomic E-state index is 12.8. The van der Waals surface area contributed by atoms with Crippen LogP contribution in [0.4, 0.5) is 5.69 Å². The number of nitrogens with zero attached hydrogens (tertiary/aromatic N) is 2. The zero-order valence-corrected chi connectivity index (χ0v) is 18.5. The van der Waals surface area contributed by atoms with Crippen LogP contribution < -0.4 is 9.64 Å². The number of methoxy groups -OCH3 is 1. The minimum absolute atomic E-state index is 0.161. The van der Waals surface area contributed by atoms with E-state index in [-0.39, 0.29) is 11.8 Å². The molecule has 0 saturated heterocycles. The van der Waals surface area contributed by atoms with Crippen LogP contribution in [0.1, 0.15) is 63.4 Å². The summed E-state index contributed by atoms with van der Waals surface area (Å²) >= 11 is 0. The van der Waals surface area contributed by atoms with Gasteiger partial charge in [-0.1, -0.05) is 19.3 Å². The molecule has 166 valence electrons. The monoisotopic (exact) mass is 416 g/mol. The third kappa shape index (κ3) is 5.97. The molecule has 1 aromatic rings. The van der Waals surface area contributed by atoms with E-state index in [0.29, 0.717) is 38.6 Å². The second-order valence-electron chi connectivity index (χ2n) is 8.42. The molecule has 6 nitrogen and oxygen atoms in total. The maximum atomic E-state index is 12.8. The smallest absolute Gasteiger partial charge is 0.227 e. The van der Waals surface area contributed by atoms with Gasteiger partial charge in [-0.15, -0.1) is 0 Å². The van der Waals surface area contributed by atoms with E-state index in [1.165, 1.54) is 19.3 Å². The number of rotatable bonds is 10. The molecule has 1 saturated carbocycles. The summed E-state index contributed by atoms with van der Waals surface area (Å²) in [5.74, 6) is 1.25. The van der Waals surface area contributed by atoms with Gasteiger partial charge in [0.25, 0.3) is 0 Å². The molecule has 0 N–H and O–H groups in total. The van der Waals surface area contributed by atoms with Crippen LogP contribution in [0.25, 0.3) is 0 Å². The molecule has 0 spiro atoms. The highest BCUT2D eigenvalue weighted by Gasteiger charge is 2.25. The molecule has 0 aromatic heterocycles. The summed E-state index contributed by atoms with van der Waals surface area (Å²) in [6, 6.07) is 6.31. The van der Waals surface area contributed by atoms with Crippen molar-refractivity contribution in [3.05, 3.63) is 23.8 Å². The van der Waals surface area contributed by atoms with Gasteiger partial charge in [-0.2, -0.15) is 0 Å². The predicted octanol–water partition coefficient (Wildman–Crippen LogP) is 3.95. The van der Waals surface area contributed by atoms with Crippen molar-refractivity contribution >= 4 is 17.5 Å². The topological polar surface area (TPSA) is 59.1 Å². The average molecular weight is 417 g/mol. The Morgan fingerprint density at radius 2 is 1.93 bits per heavy atom. The molecule has 30 heavy (non-hydrogen) atoms. The summed E-state index contributed by atoms with van der Waals surface area (Å²) in [5, 5.41) is 0. The summed E-state index contributed by atoms with van der Waals surface area (Å²) < 4.78 is 11.1. The largest absolute Gasteiger partial charge is 0.494 e. The third-order valence-electron chi connectivity index (χ3n) is 6.32. The van der Waals surface area contributed by atoms with Gasteiger partial charge in [0, 0.05) is 45.3 Å². The van der Waals surface area contributed by atoms with Crippen molar-refractivity contribution in [2.75, 3.05) is 38.8 Å². The summed E-state index contributed by atoms with van der Waals surface area (Å²) in [5.41, 5.74) is 2.13. The quantitative estimate of drug-likeness (QED) is 0.542. The van der Waals surface area contributed by atoms with E-state index in [2.05, 4.69) is 4.90 Å². The first-order valence-electron chi connectivity index (χ1n) is 11.4. The van der Waals surface area contributed by atoms with E-state index in [4.69, 9.17) is 9.47 Å². The van der Waals surface area contributed by atoms with Crippen molar-refractivity contribution in [3.8, 4) is 5.75 Å². The van der Waals surface area contributed by atoms with Crippen LogP contribution >= 0.6 is 0 Å². The lowest BCUT2D eigenvalue weighted by Gasteiger charge is -2.34. The van der Waals surface area contributed by atoms with E-state index in [0.717, 1.165) is 49.1 Å². The lowest BCUT2D eigenvalue weighted by molar-refractivity contribution is -0.135.